The smallest absolute Gasteiger partial charge is 0.286 e. The quantitative estimate of drug-likeness (QED) is 0.560. The molecule has 1 atom stereocenters. The summed E-state index contributed by atoms with van der Waals surface area (Å²) in [7, 11) is 1.43. The van der Waals surface area contributed by atoms with E-state index >= 15 is 0 Å². The lowest BCUT2D eigenvalue weighted by Gasteiger charge is -2.22. The average molecular weight is 374 g/mol. The molecule has 1 aromatic carbocycles. The van der Waals surface area contributed by atoms with Crippen LogP contribution in [0.5, 0.6) is 11.5 Å². The first-order valence-corrected chi connectivity index (χ1v) is 8.05. The molecule has 1 heterocycles. The van der Waals surface area contributed by atoms with E-state index in [0.29, 0.717) is 24.8 Å². The van der Waals surface area contributed by atoms with Gasteiger partial charge >= 0.3 is 0 Å². The van der Waals surface area contributed by atoms with Gasteiger partial charge in [-0.1, -0.05) is 0 Å². The summed E-state index contributed by atoms with van der Waals surface area (Å²) in [6.45, 7) is 4.43. The third kappa shape index (κ3) is 5.47. The van der Waals surface area contributed by atoms with Gasteiger partial charge in [0.15, 0.2) is 11.5 Å². The predicted octanol–water partition coefficient (Wildman–Crippen LogP) is 2.15. The van der Waals surface area contributed by atoms with Crippen LogP contribution in [0.3, 0.4) is 0 Å². The molecule has 0 aromatic heterocycles. The van der Waals surface area contributed by atoms with Crippen molar-refractivity contribution in [3.8, 4) is 11.5 Å². The van der Waals surface area contributed by atoms with Crippen LogP contribution in [0.2, 0.25) is 0 Å². The van der Waals surface area contributed by atoms with Crippen molar-refractivity contribution in [1.29, 1.82) is 0 Å². The topological polar surface area (TPSA) is 103 Å². The summed E-state index contributed by atoms with van der Waals surface area (Å²) in [4.78, 5) is 23.1. The fraction of sp³-hybridized carbons (Fsp3) is 0.562. The Morgan fingerprint density at radius 1 is 1.44 bits per heavy atom. The number of benzene rings is 1. The number of methoxy groups -OCH3 is 1. The number of hydrogen-bond acceptors (Lipinski definition) is 6. The van der Waals surface area contributed by atoms with Gasteiger partial charge in [0.25, 0.3) is 11.6 Å². The molecular formula is C16H24ClN3O5. The van der Waals surface area contributed by atoms with Crippen molar-refractivity contribution in [3.05, 3.63) is 27.8 Å². The second kappa shape index (κ2) is 10.0. The summed E-state index contributed by atoms with van der Waals surface area (Å²) in [6.07, 6.45) is 2.10. The average Bonchev–Trinajstić information content (AvgIpc) is 2.60. The minimum atomic E-state index is -0.584. The molecule has 2 N–H and O–H groups in total. The normalized spacial score (nSPS) is 16.5. The van der Waals surface area contributed by atoms with Gasteiger partial charge in [-0.2, -0.15) is 0 Å². The van der Waals surface area contributed by atoms with E-state index in [-0.39, 0.29) is 29.4 Å². The molecule has 1 unspecified atom stereocenters. The Morgan fingerprint density at radius 2 is 2.20 bits per heavy atom. The number of nitro benzene ring substituents is 1. The van der Waals surface area contributed by atoms with E-state index in [2.05, 4.69) is 10.6 Å². The SMILES string of the molecule is CCOc1cc([N+](=O)[O-])c(C(=O)NCC2CCCNC2)cc1OC.Cl. The Hall–Kier alpha value is -2.06. The molecule has 1 aromatic rings. The minimum absolute atomic E-state index is 0. The highest BCUT2D eigenvalue weighted by Crippen LogP contribution is 2.34. The lowest BCUT2D eigenvalue weighted by atomic mass is 9.99. The summed E-state index contributed by atoms with van der Waals surface area (Å²) in [6, 6.07) is 2.59. The van der Waals surface area contributed by atoms with Crippen molar-refractivity contribution in [2.45, 2.75) is 19.8 Å². The van der Waals surface area contributed by atoms with Crippen molar-refractivity contribution in [1.82, 2.24) is 10.6 Å². The largest absolute Gasteiger partial charge is 0.493 e. The molecule has 1 fully saturated rings. The maximum atomic E-state index is 12.4. The number of piperidine rings is 1. The van der Waals surface area contributed by atoms with Crippen molar-refractivity contribution in [3.63, 3.8) is 0 Å². The van der Waals surface area contributed by atoms with Crippen LogP contribution >= 0.6 is 12.4 Å². The van der Waals surface area contributed by atoms with E-state index in [1.807, 2.05) is 0 Å². The highest BCUT2D eigenvalue weighted by molar-refractivity contribution is 5.99. The Morgan fingerprint density at radius 3 is 2.76 bits per heavy atom. The molecule has 1 saturated heterocycles. The number of nitrogens with zero attached hydrogens (tertiary/aromatic N) is 1. The van der Waals surface area contributed by atoms with Crippen LogP contribution in [0.1, 0.15) is 30.1 Å². The van der Waals surface area contributed by atoms with Gasteiger partial charge in [0.05, 0.1) is 24.7 Å². The summed E-state index contributed by atoms with van der Waals surface area (Å²) in [5.74, 6) is 0.409. The number of rotatable bonds is 7. The molecule has 9 heteroatoms. The van der Waals surface area contributed by atoms with Gasteiger partial charge in [0.1, 0.15) is 5.56 Å². The number of halogens is 1. The maximum absolute atomic E-state index is 12.4. The molecule has 0 bridgehead atoms. The summed E-state index contributed by atoms with van der Waals surface area (Å²) < 4.78 is 10.5. The fourth-order valence-electron chi connectivity index (χ4n) is 2.74. The number of carbonyl (C=O) groups is 1. The van der Waals surface area contributed by atoms with E-state index in [0.717, 1.165) is 25.9 Å². The highest BCUT2D eigenvalue weighted by Gasteiger charge is 2.25. The van der Waals surface area contributed by atoms with Gasteiger partial charge in [0, 0.05) is 12.6 Å². The zero-order chi connectivity index (χ0) is 17.5. The maximum Gasteiger partial charge on any atom is 0.286 e. The summed E-state index contributed by atoms with van der Waals surface area (Å²) in [5, 5.41) is 17.4. The van der Waals surface area contributed by atoms with Crippen LogP contribution in [-0.4, -0.2) is 44.2 Å². The Balaban J connectivity index is 0.00000312. The number of nitrogens with one attached hydrogen (secondary N) is 2. The molecule has 0 radical (unpaired) electrons. The standard InChI is InChI=1S/C16H23N3O5.ClH/c1-3-24-15-8-13(19(21)22)12(7-14(15)23-2)16(20)18-10-11-5-4-6-17-9-11;/h7-8,11,17H,3-6,9-10H2,1-2H3,(H,18,20);1H. The molecule has 0 spiro atoms. The molecule has 2 rings (SSSR count). The molecule has 0 aliphatic carbocycles. The number of ether oxygens (including phenoxy) is 2. The summed E-state index contributed by atoms with van der Waals surface area (Å²) >= 11 is 0. The van der Waals surface area contributed by atoms with Crippen LogP contribution in [0.4, 0.5) is 5.69 Å². The number of hydrogen-bond donors (Lipinski definition) is 2. The lowest BCUT2D eigenvalue weighted by Crippen LogP contribution is -2.38. The van der Waals surface area contributed by atoms with Crippen molar-refractivity contribution < 1.29 is 19.2 Å². The predicted molar refractivity (Wildman–Crippen MR) is 96.0 cm³/mol. The third-order valence-electron chi connectivity index (χ3n) is 3.97. The van der Waals surface area contributed by atoms with Crippen LogP contribution in [0.15, 0.2) is 12.1 Å². The van der Waals surface area contributed by atoms with Gasteiger partial charge in [-0.3, -0.25) is 14.9 Å². The third-order valence-corrected chi connectivity index (χ3v) is 3.97. The second-order valence-corrected chi connectivity index (χ2v) is 5.63. The van der Waals surface area contributed by atoms with E-state index in [1.54, 1.807) is 6.92 Å². The van der Waals surface area contributed by atoms with Crippen molar-refractivity contribution in [2.24, 2.45) is 5.92 Å². The first kappa shape index (κ1) is 21.0. The first-order chi connectivity index (χ1) is 11.6. The van der Waals surface area contributed by atoms with Crippen LogP contribution in [-0.2, 0) is 0 Å². The molecule has 1 aliphatic heterocycles. The van der Waals surface area contributed by atoms with Crippen LogP contribution < -0.4 is 20.1 Å². The van der Waals surface area contributed by atoms with Gasteiger partial charge in [-0.25, -0.2) is 0 Å². The van der Waals surface area contributed by atoms with Gasteiger partial charge in [-0.05, 0) is 38.8 Å². The monoisotopic (exact) mass is 373 g/mol. The second-order valence-electron chi connectivity index (χ2n) is 5.63. The first-order valence-electron chi connectivity index (χ1n) is 8.05. The van der Waals surface area contributed by atoms with E-state index < -0.39 is 10.8 Å². The minimum Gasteiger partial charge on any atom is -0.493 e. The van der Waals surface area contributed by atoms with Gasteiger partial charge < -0.3 is 20.1 Å². The molecule has 8 nitrogen and oxygen atoms in total. The zero-order valence-corrected chi connectivity index (χ0v) is 15.2. The van der Waals surface area contributed by atoms with Crippen LogP contribution in [0, 0.1) is 16.0 Å². The Bertz CT molecular complexity index is 606. The molecule has 140 valence electrons. The van der Waals surface area contributed by atoms with Gasteiger partial charge in [-0.15, -0.1) is 12.4 Å². The molecule has 0 saturated carbocycles. The summed E-state index contributed by atoms with van der Waals surface area (Å²) in [5.41, 5.74) is -0.317. The molecular weight excluding hydrogens is 350 g/mol. The van der Waals surface area contributed by atoms with E-state index in [9.17, 15) is 14.9 Å². The van der Waals surface area contributed by atoms with Gasteiger partial charge in [0.2, 0.25) is 0 Å². The lowest BCUT2D eigenvalue weighted by molar-refractivity contribution is -0.385. The Kier molecular flexibility index (Phi) is 8.44. The number of carbonyl (C=O) groups excluding carboxylic acids is 1. The Labute approximate surface area is 152 Å². The number of nitro groups is 1. The van der Waals surface area contributed by atoms with E-state index in [1.165, 1.54) is 19.2 Å². The molecule has 1 aliphatic rings. The number of amides is 1. The van der Waals surface area contributed by atoms with E-state index in [4.69, 9.17) is 9.47 Å². The fourth-order valence-corrected chi connectivity index (χ4v) is 2.74. The molecule has 25 heavy (non-hydrogen) atoms. The zero-order valence-electron chi connectivity index (χ0n) is 14.4. The van der Waals surface area contributed by atoms with Crippen LogP contribution in [0.25, 0.3) is 0 Å². The van der Waals surface area contributed by atoms with Crippen molar-refractivity contribution >= 4 is 24.0 Å². The molecule has 1 amide bonds. The highest BCUT2D eigenvalue weighted by atomic mass is 35.5. The van der Waals surface area contributed by atoms with Crippen molar-refractivity contribution in [2.75, 3.05) is 33.4 Å².